The fraction of sp³-hybridized carbons (Fsp3) is 0.636. The molecule has 0 amide bonds. The first-order chi connectivity index (χ1) is 10.2. The van der Waals surface area contributed by atoms with Crippen LogP contribution in [-0.4, -0.2) is 8.07 Å². The van der Waals surface area contributed by atoms with Gasteiger partial charge in [-0.15, -0.1) is 0 Å². The third-order valence-electron chi connectivity index (χ3n) is 5.26. The second-order valence-electron chi connectivity index (χ2n) is 10.2. The maximum absolute atomic E-state index is 2.56. The van der Waals surface area contributed by atoms with Gasteiger partial charge in [-0.05, 0) is 33.8 Å². The number of hydrogen-bond donors (Lipinski definition) is 0. The highest BCUT2D eigenvalue weighted by molar-refractivity contribution is 6.92. The zero-order valence-electron chi connectivity index (χ0n) is 17.0. The van der Waals surface area contributed by atoms with Gasteiger partial charge in [0.25, 0.3) is 0 Å². The monoisotopic (exact) mass is 328 g/mol. The molecule has 0 aromatic heterocycles. The van der Waals surface area contributed by atoms with Crippen LogP contribution in [0.5, 0.6) is 0 Å². The lowest BCUT2D eigenvalue weighted by Crippen LogP contribution is -2.37. The van der Waals surface area contributed by atoms with E-state index in [2.05, 4.69) is 92.8 Å². The first kappa shape index (κ1) is 18.5. The average molecular weight is 329 g/mol. The van der Waals surface area contributed by atoms with Crippen molar-refractivity contribution < 1.29 is 0 Å². The molecule has 1 heteroatoms. The summed E-state index contributed by atoms with van der Waals surface area (Å²) in [7, 11) is -1.68. The van der Waals surface area contributed by atoms with Gasteiger partial charge in [-0.2, -0.15) is 0 Å². The number of allylic oxidation sites excluding steroid dienone is 8. The van der Waals surface area contributed by atoms with Crippen LogP contribution in [0, 0.1) is 22.7 Å². The van der Waals surface area contributed by atoms with Crippen LogP contribution in [0.2, 0.25) is 13.1 Å². The van der Waals surface area contributed by atoms with Gasteiger partial charge in [-0.3, -0.25) is 0 Å². The molecule has 0 bridgehead atoms. The van der Waals surface area contributed by atoms with E-state index in [4.69, 9.17) is 0 Å². The van der Waals surface area contributed by atoms with Crippen LogP contribution < -0.4 is 0 Å². The molecule has 2 rings (SSSR count). The Morgan fingerprint density at radius 1 is 0.652 bits per heavy atom. The minimum atomic E-state index is -1.68. The zero-order valence-corrected chi connectivity index (χ0v) is 18.0. The molecular weight excluding hydrogens is 292 g/mol. The van der Waals surface area contributed by atoms with Crippen molar-refractivity contribution in [2.45, 2.75) is 68.5 Å². The molecule has 2 aliphatic rings. The molecule has 2 unspecified atom stereocenters. The highest BCUT2D eigenvalue weighted by Gasteiger charge is 2.42. The Bertz CT molecular complexity index is 555. The van der Waals surface area contributed by atoms with Crippen LogP contribution in [0.25, 0.3) is 0 Å². The Morgan fingerprint density at radius 2 is 0.957 bits per heavy atom. The summed E-state index contributed by atoms with van der Waals surface area (Å²) in [5, 5.41) is 3.35. The predicted octanol–water partition coefficient (Wildman–Crippen LogP) is 6.87. The first-order valence-corrected chi connectivity index (χ1v) is 12.1. The van der Waals surface area contributed by atoms with Crippen LogP contribution in [0.1, 0.15) is 55.4 Å². The van der Waals surface area contributed by atoms with Gasteiger partial charge < -0.3 is 0 Å². The minimum absolute atomic E-state index is 0.233. The summed E-state index contributed by atoms with van der Waals surface area (Å²) in [5.74, 6) is 1.15. The van der Waals surface area contributed by atoms with E-state index in [0.717, 1.165) is 0 Å². The van der Waals surface area contributed by atoms with E-state index in [9.17, 15) is 0 Å². The van der Waals surface area contributed by atoms with Gasteiger partial charge in [0, 0.05) is 0 Å². The molecule has 0 saturated carbocycles. The van der Waals surface area contributed by atoms with Gasteiger partial charge in [0.1, 0.15) is 8.07 Å². The van der Waals surface area contributed by atoms with Crippen molar-refractivity contribution in [2.75, 3.05) is 0 Å². The second kappa shape index (κ2) is 5.62. The Kier molecular flexibility index (Phi) is 4.52. The summed E-state index contributed by atoms with van der Waals surface area (Å²) in [6.07, 6.45) is 10.1. The van der Waals surface area contributed by atoms with E-state index in [1.165, 1.54) is 0 Å². The molecule has 0 aromatic rings. The van der Waals surface area contributed by atoms with Crippen LogP contribution in [0.4, 0.5) is 0 Å². The van der Waals surface area contributed by atoms with Crippen LogP contribution >= 0.6 is 0 Å². The fourth-order valence-electron chi connectivity index (χ4n) is 4.05. The van der Waals surface area contributed by atoms with Crippen molar-refractivity contribution in [3.63, 3.8) is 0 Å². The van der Waals surface area contributed by atoms with E-state index < -0.39 is 8.07 Å². The molecule has 2 atom stereocenters. The summed E-state index contributed by atoms with van der Waals surface area (Å²) in [4.78, 5) is 0. The molecule has 0 nitrogen and oxygen atoms in total. The lowest BCUT2D eigenvalue weighted by Gasteiger charge is -2.37. The van der Waals surface area contributed by atoms with Gasteiger partial charge in [-0.25, -0.2) is 0 Å². The third kappa shape index (κ3) is 3.50. The maximum atomic E-state index is 2.56. The lowest BCUT2D eigenvalue weighted by molar-refractivity contribution is 0.511. The molecule has 0 spiro atoms. The fourth-order valence-corrected chi connectivity index (χ4v) is 7.96. The largest absolute Gasteiger partial charge is 0.112 e. The maximum Gasteiger partial charge on any atom is 0.112 e. The van der Waals surface area contributed by atoms with Gasteiger partial charge >= 0.3 is 0 Å². The van der Waals surface area contributed by atoms with E-state index in [1.807, 2.05) is 0 Å². The number of rotatable bonds is 2. The van der Waals surface area contributed by atoms with Crippen molar-refractivity contribution in [1.82, 2.24) is 0 Å². The molecule has 0 saturated heterocycles. The van der Waals surface area contributed by atoms with Gasteiger partial charge in [0.15, 0.2) is 0 Å². The van der Waals surface area contributed by atoms with E-state index in [-0.39, 0.29) is 10.8 Å². The molecule has 0 N–H and O–H groups in total. The van der Waals surface area contributed by atoms with Gasteiger partial charge in [-0.1, -0.05) is 103 Å². The van der Waals surface area contributed by atoms with Crippen molar-refractivity contribution in [2.24, 2.45) is 22.7 Å². The van der Waals surface area contributed by atoms with Crippen molar-refractivity contribution >= 4 is 8.07 Å². The molecular formula is C22H36Si. The minimum Gasteiger partial charge on any atom is -0.0779 e. The second-order valence-corrected chi connectivity index (χ2v) is 14.5. The van der Waals surface area contributed by atoms with E-state index in [0.29, 0.717) is 11.8 Å². The Morgan fingerprint density at radius 3 is 1.22 bits per heavy atom. The quantitative estimate of drug-likeness (QED) is 0.485. The smallest absolute Gasteiger partial charge is 0.0779 e. The molecule has 0 radical (unpaired) electrons. The van der Waals surface area contributed by atoms with Crippen LogP contribution in [0.3, 0.4) is 0 Å². The summed E-state index contributed by atoms with van der Waals surface area (Å²) in [6, 6.07) is 0. The highest BCUT2D eigenvalue weighted by Crippen LogP contribution is 2.48. The summed E-state index contributed by atoms with van der Waals surface area (Å²) in [5.41, 5.74) is 3.65. The molecule has 0 aromatic carbocycles. The molecule has 0 aliphatic heterocycles. The van der Waals surface area contributed by atoms with Gasteiger partial charge in [0.05, 0.1) is 0 Å². The first-order valence-electron chi connectivity index (χ1n) is 9.14. The number of hydrogen-bond acceptors (Lipinski definition) is 0. The predicted molar refractivity (Wildman–Crippen MR) is 107 cm³/mol. The van der Waals surface area contributed by atoms with Crippen LogP contribution in [0.15, 0.2) is 45.8 Å². The topological polar surface area (TPSA) is 0 Å². The van der Waals surface area contributed by atoms with Crippen LogP contribution in [-0.2, 0) is 0 Å². The molecule has 128 valence electrons. The normalized spacial score (nSPS) is 26.0. The highest BCUT2D eigenvalue weighted by atomic mass is 28.3. The van der Waals surface area contributed by atoms with E-state index >= 15 is 0 Å². The summed E-state index contributed by atoms with van der Waals surface area (Å²) in [6.45, 7) is 23.9. The SMILES string of the molecule is CC1C=C(C(C)(C)C)C([Si](C)(C)C2=CC(C)C=C2C(C)(C)C)=C1. The summed E-state index contributed by atoms with van der Waals surface area (Å²) < 4.78 is 0. The zero-order chi connectivity index (χ0) is 17.8. The molecule has 0 heterocycles. The standard InChI is InChI=1S/C22H36Si/c1-15-11-17(21(3,4)5)19(13-15)23(9,10)20-14-16(2)12-18(20)22(6,7)8/h11-16H,1-10H3. The molecule has 2 aliphatic carbocycles. The van der Waals surface area contributed by atoms with Gasteiger partial charge in [0.2, 0.25) is 0 Å². The molecule has 23 heavy (non-hydrogen) atoms. The Hall–Kier alpha value is -0.823. The van der Waals surface area contributed by atoms with Crippen molar-refractivity contribution in [3.05, 3.63) is 45.8 Å². The molecule has 0 fully saturated rings. The average Bonchev–Trinajstić information content (AvgIpc) is 2.91. The lowest BCUT2D eigenvalue weighted by atomic mass is 9.86. The van der Waals surface area contributed by atoms with Crippen molar-refractivity contribution in [3.8, 4) is 0 Å². The summed E-state index contributed by atoms with van der Waals surface area (Å²) >= 11 is 0. The Balaban J connectivity index is 2.51. The Labute approximate surface area is 145 Å². The third-order valence-corrected chi connectivity index (χ3v) is 8.83. The van der Waals surface area contributed by atoms with E-state index in [1.54, 1.807) is 21.5 Å². The van der Waals surface area contributed by atoms with Crippen molar-refractivity contribution in [1.29, 1.82) is 0 Å².